The third-order valence-corrected chi connectivity index (χ3v) is 4.94. The van der Waals surface area contributed by atoms with Crippen molar-refractivity contribution in [2.45, 2.75) is 26.2 Å². The summed E-state index contributed by atoms with van der Waals surface area (Å²) in [5.74, 6) is 0.130. The minimum absolute atomic E-state index is 0.412. The van der Waals surface area contributed by atoms with Gasteiger partial charge in [-0.3, -0.25) is 4.79 Å². The smallest absolute Gasteiger partial charge is 0.311 e. The lowest BCUT2D eigenvalue weighted by Gasteiger charge is -2.14. The van der Waals surface area contributed by atoms with Crippen LogP contribution in [0.25, 0.3) is 0 Å². The molecule has 0 aliphatic rings. The molecule has 0 heterocycles. The second-order valence-corrected chi connectivity index (χ2v) is 7.10. The van der Waals surface area contributed by atoms with Gasteiger partial charge in [-0.1, -0.05) is 48.5 Å². The molecule has 3 rings (SSSR count). The van der Waals surface area contributed by atoms with E-state index in [9.17, 15) is 9.90 Å². The molecule has 150 valence electrons. The Morgan fingerprint density at radius 1 is 0.828 bits per heavy atom. The molecule has 0 radical (unpaired) electrons. The number of rotatable bonds is 9. The van der Waals surface area contributed by atoms with Crippen molar-refractivity contribution in [1.29, 1.82) is 0 Å². The lowest BCUT2D eigenvalue weighted by atomic mass is 9.92. The van der Waals surface area contributed by atoms with Crippen molar-refractivity contribution in [2.24, 2.45) is 0 Å². The molecule has 0 aliphatic heterocycles. The first kappa shape index (κ1) is 20.5. The van der Waals surface area contributed by atoms with E-state index < -0.39 is 11.9 Å². The summed E-state index contributed by atoms with van der Waals surface area (Å²) >= 11 is 0. The molecule has 0 saturated heterocycles. The molecule has 1 N–H and O–H groups in total. The van der Waals surface area contributed by atoms with Crippen LogP contribution in [0.3, 0.4) is 0 Å². The summed E-state index contributed by atoms with van der Waals surface area (Å²) in [7, 11) is 0. The molecule has 0 saturated carbocycles. The minimum atomic E-state index is -0.829. The van der Waals surface area contributed by atoms with Crippen molar-refractivity contribution in [2.75, 3.05) is 13.2 Å². The Hall–Kier alpha value is -3.27. The lowest BCUT2D eigenvalue weighted by molar-refractivity contribution is -0.138. The van der Waals surface area contributed by atoms with Gasteiger partial charge >= 0.3 is 5.97 Å². The van der Waals surface area contributed by atoms with Gasteiger partial charge in [-0.05, 0) is 66.8 Å². The quantitative estimate of drug-likeness (QED) is 0.512. The summed E-state index contributed by atoms with van der Waals surface area (Å²) in [6.45, 7) is 4.98. The van der Waals surface area contributed by atoms with Crippen LogP contribution >= 0.6 is 0 Å². The number of aryl methyl sites for hydroxylation is 2. The number of hydrogen-bond donors (Lipinski definition) is 1. The SMILES string of the molecule is Cc1ccc(OCCOc2cccc(CC(C(=O)O)c3ccccc3)c2)cc1C. The first-order valence-corrected chi connectivity index (χ1v) is 9.72. The maximum absolute atomic E-state index is 11.7. The zero-order valence-corrected chi connectivity index (χ0v) is 16.8. The Labute approximate surface area is 171 Å². The van der Waals surface area contributed by atoms with E-state index in [0.29, 0.717) is 25.4 Å². The summed E-state index contributed by atoms with van der Waals surface area (Å²) in [5, 5.41) is 9.63. The average molecular weight is 390 g/mol. The van der Waals surface area contributed by atoms with Crippen molar-refractivity contribution in [3.8, 4) is 11.5 Å². The summed E-state index contributed by atoms with van der Waals surface area (Å²) in [6.07, 6.45) is 0.412. The molecule has 0 bridgehead atoms. The monoisotopic (exact) mass is 390 g/mol. The van der Waals surface area contributed by atoms with Gasteiger partial charge in [0.15, 0.2) is 0 Å². The van der Waals surface area contributed by atoms with Gasteiger partial charge in [0.25, 0.3) is 0 Å². The highest BCUT2D eigenvalue weighted by Gasteiger charge is 2.20. The lowest BCUT2D eigenvalue weighted by Crippen LogP contribution is -2.14. The zero-order chi connectivity index (χ0) is 20.6. The van der Waals surface area contributed by atoms with E-state index in [4.69, 9.17) is 9.47 Å². The zero-order valence-electron chi connectivity index (χ0n) is 16.8. The van der Waals surface area contributed by atoms with Crippen molar-refractivity contribution < 1.29 is 19.4 Å². The molecule has 0 amide bonds. The number of aliphatic carboxylic acids is 1. The maximum atomic E-state index is 11.7. The number of ether oxygens (including phenoxy) is 2. The number of carboxylic acids is 1. The summed E-state index contributed by atoms with van der Waals surface area (Å²) < 4.78 is 11.5. The van der Waals surface area contributed by atoms with E-state index in [1.54, 1.807) is 0 Å². The molecule has 3 aromatic carbocycles. The van der Waals surface area contributed by atoms with Crippen LogP contribution in [0.15, 0.2) is 72.8 Å². The highest BCUT2D eigenvalue weighted by atomic mass is 16.5. The van der Waals surface area contributed by atoms with Gasteiger partial charge < -0.3 is 14.6 Å². The van der Waals surface area contributed by atoms with Crippen LogP contribution in [-0.4, -0.2) is 24.3 Å². The maximum Gasteiger partial charge on any atom is 0.311 e. The number of carboxylic acid groups (broad SMARTS) is 1. The molecule has 0 aliphatic carbocycles. The van der Waals surface area contributed by atoms with E-state index >= 15 is 0 Å². The number of benzene rings is 3. The topological polar surface area (TPSA) is 55.8 Å². The van der Waals surface area contributed by atoms with E-state index in [1.165, 1.54) is 11.1 Å². The van der Waals surface area contributed by atoms with Crippen LogP contribution in [0.1, 0.15) is 28.2 Å². The van der Waals surface area contributed by atoms with Gasteiger partial charge in [-0.25, -0.2) is 0 Å². The molecule has 0 aromatic heterocycles. The molecular weight excluding hydrogens is 364 g/mol. The molecule has 1 unspecified atom stereocenters. The fraction of sp³-hybridized carbons (Fsp3) is 0.240. The normalized spacial score (nSPS) is 11.7. The van der Waals surface area contributed by atoms with Gasteiger partial charge in [0, 0.05) is 0 Å². The Balaban J connectivity index is 1.56. The van der Waals surface area contributed by atoms with E-state index in [1.807, 2.05) is 72.8 Å². The Morgan fingerprint density at radius 2 is 1.52 bits per heavy atom. The fourth-order valence-corrected chi connectivity index (χ4v) is 3.15. The molecular formula is C25H26O4. The highest BCUT2D eigenvalue weighted by Crippen LogP contribution is 2.23. The number of carbonyl (C=O) groups is 1. The molecule has 0 fully saturated rings. The second kappa shape index (κ2) is 9.78. The van der Waals surface area contributed by atoms with Crippen LogP contribution in [0.2, 0.25) is 0 Å². The molecule has 4 nitrogen and oxygen atoms in total. The first-order chi connectivity index (χ1) is 14.0. The van der Waals surface area contributed by atoms with E-state index in [2.05, 4.69) is 13.8 Å². The van der Waals surface area contributed by atoms with Crippen LogP contribution in [-0.2, 0) is 11.2 Å². The largest absolute Gasteiger partial charge is 0.490 e. The van der Waals surface area contributed by atoms with Crippen LogP contribution in [0.4, 0.5) is 0 Å². The Kier molecular flexibility index (Phi) is 6.90. The van der Waals surface area contributed by atoms with Crippen molar-refractivity contribution >= 4 is 5.97 Å². The van der Waals surface area contributed by atoms with Crippen LogP contribution < -0.4 is 9.47 Å². The van der Waals surface area contributed by atoms with Gasteiger partial charge in [-0.15, -0.1) is 0 Å². The molecule has 1 atom stereocenters. The third-order valence-electron chi connectivity index (χ3n) is 4.94. The summed E-state index contributed by atoms with van der Waals surface area (Å²) in [5.41, 5.74) is 4.16. The predicted molar refractivity (Wildman–Crippen MR) is 114 cm³/mol. The van der Waals surface area contributed by atoms with Gasteiger partial charge in [-0.2, -0.15) is 0 Å². The summed E-state index contributed by atoms with van der Waals surface area (Å²) in [4.78, 5) is 11.7. The first-order valence-electron chi connectivity index (χ1n) is 9.72. The highest BCUT2D eigenvalue weighted by molar-refractivity contribution is 5.76. The fourth-order valence-electron chi connectivity index (χ4n) is 3.15. The van der Waals surface area contributed by atoms with Crippen LogP contribution in [0, 0.1) is 13.8 Å². The van der Waals surface area contributed by atoms with E-state index in [0.717, 1.165) is 16.9 Å². The van der Waals surface area contributed by atoms with Gasteiger partial charge in [0.1, 0.15) is 24.7 Å². The van der Waals surface area contributed by atoms with Crippen molar-refractivity contribution in [3.05, 3.63) is 95.1 Å². The van der Waals surface area contributed by atoms with Crippen LogP contribution in [0.5, 0.6) is 11.5 Å². The predicted octanol–water partition coefficient (Wildman–Crippen LogP) is 5.17. The molecule has 3 aromatic rings. The van der Waals surface area contributed by atoms with Crippen molar-refractivity contribution in [3.63, 3.8) is 0 Å². The Bertz CT molecular complexity index is 950. The third kappa shape index (κ3) is 5.85. The van der Waals surface area contributed by atoms with E-state index in [-0.39, 0.29) is 0 Å². The number of hydrogen-bond acceptors (Lipinski definition) is 3. The standard InChI is InChI=1S/C25H26O4/c1-18-11-12-23(15-19(18)2)29-14-13-28-22-10-6-7-20(16-22)17-24(25(26)27)21-8-4-3-5-9-21/h3-12,15-16,24H,13-14,17H2,1-2H3,(H,26,27). The molecule has 4 heteroatoms. The Morgan fingerprint density at radius 3 is 2.17 bits per heavy atom. The summed E-state index contributed by atoms with van der Waals surface area (Å²) in [6, 6.07) is 22.9. The minimum Gasteiger partial charge on any atom is -0.490 e. The molecule has 29 heavy (non-hydrogen) atoms. The van der Waals surface area contributed by atoms with Gasteiger partial charge in [0.05, 0.1) is 5.92 Å². The average Bonchev–Trinajstić information content (AvgIpc) is 2.73. The van der Waals surface area contributed by atoms with Crippen molar-refractivity contribution in [1.82, 2.24) is 0 Å². The second-order valence-electron chi connectivity index (χ2n) is 7.10. The van der Waals surface area contributed by atoms with Gasteiger partial charge in [0.2, 0.25) is 0 Å². The molecule has 0 spiro atoms.